The van der Waals surface area contributed by atoms with E-state index in [2.05, 4.69) is 15.0 Å². The topological polar surface area (TPSA) is 104 Å². The van der Waals surface area contributed by atoms with Crippen LogP contribution in [0.2, 0.25) is 10.0 Å². The molecule has 0 radical (unpaired) electrons. The van der Waals surface area contributed by atoms with Crippen LogP contribution in [0.15, 0.2) is 21.4 Å². The van der Waals surface area contributed by atoms with Crippen LogP contribution in [0.5, 0.6) is 0 Å². The van der Waals surface area contributed by atoms with Crippen LogP contribution in [0.25, 0.3) is 11.3 Å². The molecular formula is C25H35Cl2N3O4S. The van der Waals surface area contributed by atoms with Crippen molar-refractivity contribution in [1.82, 2.24) is 15.0 Å². The van der Waals surface area contributed by atoms with Crippen molar-refractivity contribution in [2.45, 2.75) is 89.2 Å². The highest BCUT2D eigenvalue weighted by Gasteiger charge is 2.27. The molecule has 1 fully saturated rings. The van der Waals surface area contributed by atoms with Gasteiger partial charge >= 0.3 is 5.91 Å². The molecule has 1 saturated carbocycles. The zero-order valence-corrected chi connectivity index (χ0v) is 23.3. The maximum absolute atomic E-state index is 12.8. The van der Waals surface area contributed by atoms with Gasteiger partial charge in [0.15, 0.2) is 5.76 Å². The van der Waals surface area contributed by atoms with Gasteiger partial charge in [-0.05, 0) is 59.1 Å². The quantitative estimate of drug-likeness (QED) is 0.397. The Kier molecular flexibility index (Phi) is 9.08. The van der Waals surface area contributed by atoms with Gasteiger partial charge in [-0.15, -0.1) is 0 Å². The highest BCUT2D eigenvalue weighted by atomic mass is 35.5. The van der Waals surface area contributed by atoms with E-state index in [-0.39, 0.29) is 28.0 Å². The molecule has 3 N–H and O–H groups in total. The normalized spacial score (nSPS) is 16.3. The van der Waals surface area contributed by atoms with Crippen molar-refractivity contribution in [3.8, 4) is 11.3 Å². The summed E-state index contributed by atoms with van der Waals surface area (Å²) in [5, 5.41) is 13.0. The van der Waals surface area contributed by atoms with Crippen molar-refractivity contribution in [2.75, 3.05) is 6.54 Å². The third-order valence-electron chi connectivity index (χ3n) is 5.67. The summed E-state index contributed by atoms with van der Waals surface area (Å²) in [4.78, 5) is 17.6. The lowest BCUT2D eigenvalue weighted by molar-refractivity contribution is 0.0678. The Bertz CT molecular complexity index is 1080. The number of halogens is 2. The van der Waals surface area contributed by atoms with Crippen molar-refractivity contribution in [3.05, 3.63) is 33.8 Å². The second-order valence-electron chi connectivity index (χ2n) is 10.9. The molecule has 0 aliphatic heterocycles. The van der Waals surface area contributed by atoms with Crippen LogP contribution in [0.1, 0.15) is 83.1 Å². The van der Waals surface area contributed by atoms with E-state index in [4.69, 9.17) is 27.6 Å². The van der Waals surface area contributed by atoms with Gasteiger partial charge in [0.05, 0.1) is 26.2 Å². The van der Waals surface area contributed by atoms with Gasteiger partial charge < -0.3 is 14.8 Å². The zero-order chi connectivity index (χ0) is 26.0. The van der Waals surface area contributed by atoms with Gasteiger partial charge in [0.2, 0.25) is 0 Å². The van der Waals surface area contributed by atoms with Crippen LogP contribution in [0, 0.1) is 5.92 Å². The molecule has 1 heterocycles. The van der Waals surface area contributed by atoms with Gasteiger partial charge in [-0.25, -0.2) is 13.9 Å². The summed E-state index contributed by atoms with van der Waals surface area (Å²) in [6, 6.07) is 3.36. The molecule has 2 aromatic rings. The SMILES string of the molecule is CC(C)(O)CNC(=O)c1nc(CC2CCCCC2)c(-c2ccc(S(=O)NC(C)(C)C)c(Cl)c2Cl)o1. The Balaban J connectivity index is 1.98. The number of carbonyl (C=O) groups excluding carboxylic acids is 1. The molecule has 1 amide bonds. The van der Waals surface area contributed by atoms with E-state index in [1.165, 1.54) is 19.3 Å². The molecule has 35 heavy (non-hydrogen) atoms. The molecule has 1 atom stereocenters. The largest absolute Gasteiger partial charge is 0.432 e. The molecule has 194 valence electrons. The second-order valence-corrected chi connectivity index (χ2v) is 12.8. The number of carbonyl (C=O) groups is 1. The van der Waals surface area contributed by atoms with Gasteiger partial charge in [0, 0.05) is 17.6 Å². The second kappa shape index (κ2) is 11.3. The minimum atomic E-state index is -1.56. The molecule has 0 bridgehead atoms. The highest BCUT2D eigenvalue weighted by Crippen LogP contribution is 2.40. The fraction of sp³-hybridized carbons (Fsp3) is 0.600. The first-order chi connectivity index (χ1) is 16.2. The van der Waals surface area contributed by atoms with E-state index in [1.54, 1.807) is 26.0 Å². The van der Waals surface area contributed by atoms with Gasteiger partial charge in [-0.2, -0.15) is 0 Å². The average molecular weight is 545 g/mol. The van der Waals surface area contributed by atoms with E-state index >= 15 is 0 Å². The van der Waals surface area contributed by atoms with Crippen molar-refractivity contribution in [1.29, 1.82) is 0 Å². The summed E-state index contributed by atoms with van der Waals surface area (Å²) >= 11 is 13.2. The molecule has 1 aliphatic carbocycles. The fourth-order valence-corrected chi connectivity index (χ4v) is 5.82. The van der Waals surface area contributed by atoms with Crippen LogP contribution in [-0.4, -0.2) is 37.9 Å². The monoisotopic (exact) mass is 543 g/mol. The van der Waals surface area contributed by atoms with Crippen molar-refractivity contribution >= 4 is 40.1 Å². The fourth-order valence-electron chi connectivity index (χ4n) is 4.02. The lowest BCUT2D eigenvalue weighted by Crippen LogP contribution is -2.38. The summed E-state index contributed by atoms with van der Waals surface area (Å²) < 4.78 is 21.7. The maximum Gasteiger partial charge on any atom is 0.307 e. The zero-order valence-electron chi connectivity index (χ0n) is 21.0. The summed E-state index contributed by atoms with van der Waals surface area (Å²) in [6.45, 7) is 8.98. The number of rotatable bonds is 8. The summed E-state index contributed by atoms with van der Waals surface area (Å²) in [6.07, 6.45) is 6.42. The number of oxazole rings is 1. The lowest BCUT2D eigenvalue weighted by atomic mass is 9.85. The van der Waals surface area contributed by atoms with Crippen LogP contribution in [-0.2, 0) is 17.4 Å². The van der Waals surface area contributed by atoms with Crippen molar-refractivity contribution in [2.24, 2.45) is 5.92 Å². The van der Waals surface area contributed by atoms with E-state index in [0.717, 1.165) is 12.8 Å². The summed E-state index contributed by atoms with van der Waals surface area (Å²) in [5.41, 5.74) is -0.319. The van der Waals surface area contributed by atoms with Gasteiger partial charge in [0.25, 0.3) is 5.89 Å². The number of nitrogens with one attached hydrogen (secondary N) is 2. The molecule has 1 aromatic carbocycles. The van der Waals surface area contributed by atoms with E-state index < -0.39 is 22.5 Å². The number of benzene rings is 1. The van der Waals surface area contributed by atoms with Gasteiger partial charge in [-0.3, -0.25) is 4.79 Å². The van der Waals surface area contributed by atoms with Crippen LogP contribution in [0.3, 0.4) is 0 Å². The average Bonchev–Trinajstić information content (AvgIpc) is 3.16. The first kappa shape index (κ1) is 28.1. The predicted molar refractivity (Wildman–Crippen MR) is 140 cm³/mol. The lowest BCUT2D eigenvalue weighted by Gasteiger charge is -2.21. The minimum Gasteiger partial charge on any atom is -0.432 e. The number of aliphatic hydroxyl groups is 1. The Morgan fingerprint density at radius 1 is 1.14 bits per heavy atom. The molecular weight excluding hydrogens is 509 g/mol. The third-order valence-corrected chi connectivity index (χ3v) is 8.20. The van der Waals surface area contributed by atoms with E-state index in [1.807, 2.05) is 20.8 Å². The molecule has 10 heteroatoms. The molecule has 1 aromatic heterocycles. The molecule has 0 spiro atoms. The van der Waals surface area contributed by atoms with Crippen LogP contribution >= 0.6 is 23.2 Å². The number of nitrogens with zero attached hydrogens (tertiary/aromatic N) is 1. The molecule has 0 saturated heterocycles. The molecule has 1 unspecified atom stereocenters. The van der Waals surface area contributed by atoms with Crippen molar-refractivity contribution in [3.63, 3.8) is 0 Å². The van der Waals surface area contributed by atoms with E-state index in [9.17, 15) is 14.1 Å². The first-order valence-electron chi connectivity index (χ1n) is 11.9. The van der Waals surface area contributed by atoms with Gasteiger partial charge in [0.1, 0.15) is 11.0 Å². The smallest absolute Gasteiger partial charge is 0.307 e. The maximum atomic E-state index is 12.8. The van der Waals surface area contributed by atoms with Crippen LogP contribution < -0.4 is 10.0 Å². The summed E-state index contributed by atoms with van der Waals surface area (Å²) in [5.74, 6) is 0.218. The molecule has 7 nitrogen and oxygen atoms in total. The van der Waals surface area contributed by atoms with Crippen LogP contribution in [0.4, 0.5) is 0 Å². The molecule has 1 aliphatic rings. The number of hydrogen-bond donors (Lipinski definition) is 3. The number of hydrogen-bond acceptors (Lipinski definition) is 5. The number of amides is 1. The molecule has 3 rings (SSSR count). The Morgan fingerprint density at radius 3 is 2.40 bits per heavy atom. The highest BCUT2D eigenvalue weighted by molar-refractivity contribution is 7.83. The predicted octanol–water partition coefficient (Wildman–Crippen LogP) is 5.68. The van der Waals surface area contributed by atoms with Gasteiger partial charge in [-0.1, -0.05) is 55.3 Å². The Hall–Kier alpha value is -1.45. The summed E-state index contributed by atoms with van der Waals surface area (Å²) in [7, 11) is -1.56. The third kappa shape index (κ3) is 7.76. The number of aromatic nitrogens is 1. The Morgan fingerprint density at radius 2 is 1.80 bits per heavy atom. The first-order valence-corrected chi connectivity index (χ1v) is 13.8. The van der Waals surface area contributed by atoms with Crippen molar-refractivity contribution < 1.29 is 18.5 Å². The standard InChI is InChI=1S/C25H35Cl2N3O4S/c1-24(2,3)30-35(33)18-12-11-16(19(26)20(18)27)21-17(13-15-9-7-6-8-10-15)29-23(34-21)22(31)28-14-25(4,5)32/h11-12,15,30,32H,6-10,13-14H2,1-5H3,(H,28,31). The van der Waals surface area contributed by atoms with E-state index in [0.29, 0.717) is 34.3 Å². The Labute approximate surface area is 220 Å². The minimum absolute atomic E-state index is 0.0510.